The fraction of sp³-hybridized carbons (Fsp3) is 0.316. The van der Waals surface area contributed by atoms with Crippen LogP contribution in [0.5, 0.6) is 0 Å². The summed E-state index contributed by atoms with van der Waals surface area (Å²) in [6.07, 6.45) is -4.37. The van der Waals surface area contributed by atoms with Crippen molar-refractivity contribution in [2.45, 2.75) is 19.3 Å². The number of nitrogens with two attached hydrogens (primary N) is 1. The number of halogens is 3. The molecule has 1 aliphatic heterocycles. The first-order valence-electron chi connectivity index (χ1n) is 9.27. The number of benzene rings is 1. The molecule has 0 unspecified atom stereocenters. The summed E-state index contributed by atoms with van der Waals surface area (Å²) in [5.41, 5.74) is 6.93. The number of hydrogen-bond acceptors (Lipinski definition) is 8. The third kappa shape index (κ3) is 4.56. The zero-order valence-corrected chi connectivity index (χ0v) is 17.7. The molecule has 31 heavy (non-hydrogen) atoms. The lowest BCUT2D eigenvalue weighted by atomic mass is 9.98. The molecule has 3 heterocycles. The zero-order chi connectivity index (χ0) is 22.2. The monoisotopic (exact) mass is 469 g/mol. The second-order valence-electron chi connectivity index (χ2n) is 6.92. The van der Waals surface area contributed by atoms with Gasteiger partial charge in [0.25, 0.3) is 0 Å². The van der Waals surface area contributed by atoms with Crippen LogP contribution in [0.4, 0.5) is 24.0 Å². The molecule has 0 spiro atoms. The van der Waals surface area contributed by atoms with Gasteiger partial charge in [-0.3, -0.25) is 4.79 Å². The lowest BCUT2D eigenvalue weighted by Crippen LogP contribution is -2.52. The van der Waals surface area contributed by atoms with Crippen LogP contribution in [0.2, 0.25) is 0 Å². The Labute approximate surface area is 183 Å². The van der Waals surface area contributed by atoms with Gasteiger partial charge < -0.3 is 21.1 Å². The minimum Gasteiger partial charge on any atom is -0.389 e. The van der Waals surface area contributed by atoms with E-state index in [0.29, 0.717) is 40.3 Å². The van der Waals surface area contributed by atoms with Crippen LogP contribution in [0.15, 0.2) is 29.6 Å². The number of alkyl halides is 3. The maximum atomic E-state index is 12.7. The number of nitrogens with zero attached hydrogens (tertiary/aromatic N) is 3. The molecule has 1 amide bonds. The van der Waals surface area contributed by atoms with E-state index in [0.717, 1.165) is 17.0 Å². The average molecular weight is 470 g/mol. The van der Waals surface area contributed by atoms with Crippen molar-refractivity contribution < 1.29 is 23.1 Å². The number of thiazole rings is 2. The highest BCUT2D eigenvalue weighted by Crippen LogP contribution is 2.34. The summed E-state index contributed by atoms with van der Waals surface area (Å²) in [5.74, 6) is -0.470. The van der Waals surface area contributed by atoms with E-state index in [4.69, 9.17) is 5.73 Å². The standard InChI is InChI=1S/C19H18F3N5O2S2/c20-19(21,22)11-1-3-12(4-2-11)27-6-10(7-27)17(29)26-18-25-14(9-30-18)16-13(5-23)24-15(8-28)31-16/h1-4,9-10,28H,5-8,23H2,(H,25,26,29). The molecule has 1 saturated heterocycles. The quantitative estimate of drug-likeness (QED) is 0.512. The Bertz CT molecular complexity index is 1080. The Kier molecular flexibility index (Phi) is 5.97. The van der Waals surface area contributed by atoms with Crippen LogP contribution >= 0.6 is 22.7 Å². The number of rotatable bonds is 6. The Morgan fingerprint density at radius 1 is 1.26 bits per heavy atom. The van der Waals surface area contributed by atoms with Gasteiger partial charge in [0.2, 0.25) is 5.91 Å². The Morgan fingerprint density at radius 2 is 1.97 bits per heavy atom. The van der Waals surface area contributed by atoms with Gasteiger partial charge in [0.15, 0.2) is 5.13 Å². The molecule has 1 fully saturated rings. The van der Waals surface area contributed by atoms with Crippen LogP contribution in [0, 0.1) is 5.92 Å². The lowest BCUT2D eigenvalue weighted by molar-refractivity contribution is -0.137. The SMILES string of the molecule is NCc1nc(CO)sc1-c1csc(NC(=O)C2CN(c3ccc(C(F)(F)F)cc3)C2)n1. The molecule has 0 saturated carbocycles. The summed E-state index contributed by atoms with van der Waals surface area (Å²) in [5, 5.41) is 14.8. The van der Waals surface area contributed by atoms with Gasteiger partial charge in [-0.15, -0.1) is 22.7 Å². The predicted octanol–water partition coefficient (Wildman–Crippen LogP) is 3.31. The van der Waals surface area contributed by atoms with Crippen molar-refractivity contribution in [3.63, 3.8) is 0 Å². The number of amides is 1. The number of carbonyl (C=O) groups is 1. The molecule has 0 radical (unpaired) electrons. The average Bonchev–Trinajstić information content (AvgIpc) is 3.32. The normalized spacial score (nSPS) is 14.5. The molecule has 0 aliphatic carbocycles. The number of aromatic nitrogens is 2. The van der Waals surface area contributed by atoms with Gasteiger partial charge in [-0.2, -0.15) is 13.2 Å². The summed E-state index contributed by atoms with van der Waals surface area (Å²) in [6, 6.07) is 4.90. The fourth-order valence-corrected chi connectivity index (χ4v) is 4.86. The fourth-order valence-electron chi connectivity index (χ4n) is 3.17. The van der Waals surface area contributed by atoms with E-state index in [-0.39, 0.29) is 25.0 Å². The minimum absolute atomic E-state index is 0.178. The van der Waals surface area contributed by atoms with Crippen LogP contribution in [0.1, 0.15) is 16.3 Å². The van der Waals surface area contributed by atoms with Crippen molar-refractivity contribution in [2.24, 2.45) is 11.7 Å². The molecule has 4 rings (SSSR count). The van der Waals surface area contributed by atoms with E-state index in [1.165, 1.54) is 34.8 Å². The Morgan fingerprint density at radius 3 is 2.58 bits per heavy atom. The van der Waals surface area contributed by atoms with Gasteiger partial charge in [-0.1, -0.05) is 0 Å². The Balaban J connectivity index is 1.35. The van der Waals surface area contributed by atoms with Gasteiger partial charge in [-0.25, -0.2) is 9.97 Å². The molecule has 1 aromatic carbocycles. The number of aliphatic hydroxyl groups is 1. The van der Waals surface area contributed by atoms with Crippen LogP contribution in [0.25, 0.3) is 10.6 Å². The van der Waals surface area contributed by atoms with Crippen LogP contribution in [-0.2, 0) is 24.1 Å². The van der Waals surface area contributed by atoms with Crippen molar-refractivity contribution in [3.8, 4) is 10.6 Å². The first-order valence-corrected chi connectivity index (χ1v) is 11.0. The summed E-state index contributed by atoms with van der Waals surface area (Å²) < 4.78 is 38.0. The summed E-state index contributed by atoms with van der Waals surface area (Å²) in [6.45, 7) is 0.873. The van der Waals surface area contributed by atoms with Crippen LogP contribution in [0.3, 0.4) is 0 Å². The predicted molar refractivity (Wildman–Crippen MR) is 113 cm³/mol. The molecular formula is C19H18F3N5O2S2. The molecular weight excluding hydrogens is 451 g/mol. The van der Waals surface area contributed by atoms with Gasteiger partial charge in [0.05, 0.1) is 34.4 Å². The molecule has 164 valence electrons. The molecule has 0 atom stereocenters. The highest BCUT2D eigenvalue weighted by molar-refractivity contribution is 7.17. The lowest BCUT2D eigenvalue weighted by Gasteiger charge is -2.40. The maximum Gasteiger partial charge on any atom is 0.416 e. The second kappa shape index (κ2) is 8.54. The van der Waals surface area contributed by atoms with Crippen molar-refractivity contribution in [2.75, 3.05) is 23.3 Å². The third-order valence-corrected chi connectivity index (χ3v) is 6.71. The van der Waals surface area contributed by atoms with Gasteiger partial charge >= 0.3 is 6.18 Å². The largest absolute Gasteiger partial charge is 0.416 e. The molecule has 1 aliphatic rings. The van der Waals surface area contributed by atoms with Crippen molar-refractivity contribution in [3.05, 3.63) is 45.9 Å². The molecule has 2 aromatic heterocycles. The van der Waals surface area contributed by atoms with E-state index in [1.54, 1.807) is 5.38 Å². The van der Waals surface area contributed by atoms with E-state index >= 15 is 0 Å². The van der Waals surface area contributed by atoms with E-state index < -0.39 is 11.7 Å². The molecule has 7 nitrogen and oxygen atoms in total. The summed E-state index contributed by atoms with van der Waals surface area (Å²) in [7, 11) is 0. The van der Waals surface area contributed by atoms with Crippen LogP contribution in [-0.4, -0.2) is 34.1 Å². The van der Waals surface area contributed by atoms with Gasteiger partial charge in [0.1, 0.15) is 5.01 Å². The first kappa shape index (κ1) is 21.7. The van der Waals surface area contributed by atoms with Gasteiger partial charge in [-0.05, 0) is 24.3 Å². The summed E-state index contributed by atoms with van der Waals surface area (Å²) in [4.78, 5) is 23.8. The number of carbonyl (C=O) groups excluding carboxylic acids is 1. The maximum absolute atomic E-state index is 12.7. The van der Waals surface area contributed by atoms with Crippen molar-refractivity contribution in [1.29, 1.82) is 0 Å². The molecule has 0 bridgehead atoms. The van der Waals surface area contributed by atoms with Crippen molar-refractivity contribution >= 4 is 39.4 Å². The van der Waals surface area contributed by atoms with E-state index in [2.05, 4.69) is 15.3 Å². The number of aliphatic hydroxyl groups excluding tert-OH is 1. The molecule has 3 aromatic rings. The highest BCUT2D eigenvalue weighted by atomic mass is 32.1. The molecule has 12 heteroatoms. The minimum atomic E-state index is -4.37. The number of nitrogens with one attached hydrogen (secondary N) is 1. The van der Waals surface area contributed by atoms with Crippen molar-refractivity contribution in [1.82, 2.24) is 9.97 Å². The van der Waals surface area contributed by atoms with E-state index in [1.807, 2.05) is 4.90 Å². The second-order valence-corrected chi connectivity index (χ2v) is 8.86. The first-order chi connectivity index (χ1) is 14.8. The number of hydrogen-bond donors (Lipinski definition) is 3. The summed E-state index contributed by atoms with van der Waals surface area (Å²) >= 11 is 2.58. The van der Waals surface area contributed by atoms with Crippen LogP contribution < -0.4 is 16.0 Å². The topological polar surface area (TPSA) is 104 Å². The molecule has 4 N–H and O–H groups in total. The zero-order valence-electron chi connectivity index (χ0n) is 16.0. The number of anilines is 2. The highest BCUT2D eigenvalue weighted by Gasteiger charge is 2.34. The third-order valence-electron chi connectivity index (χ3n) is 4.85. The smallest absolute Gasteiger partial charge is 0.389 e. The van der Waals surface area contributed by atoms with Gasteiger partial charge in [0, 0.05) is 30.7 Å². The Hall–Kier alpha value is -2.54. The van der Waals surface area contributed by atoms with E-state index in [9.17, 15) is 23.1 Å².